The van der Waals surface area contributed by atoms with Crippen molar-refractivity contribution in [3.05, 3.63) is 23.3 Å². The summed E-state index contributed by atoms with van der Waals surface area (Å²) in [6.07, 6.45) is 0. The Morgan fingerprint density at radius 1 is 1.00 bits per heavy atom. The molecular weight excluding hydrogens is 166 g/mol. The highest BCUT2D eigenvalue weighted by Gasteiger charge is 2.02. The first-order chi connectivity index (χ1) is 6.52. The maximum atomic E-state index is 5.78. The molecule has 0 unspecified atom stereocenters. The number of benzene rings is 1. The topological polar surface area (TPSA) is 0 Å². The molecule has 1 aromatic rings. The lowest BCUT2D eigenvalue weighted by Gasteiger charge is -2.12. The van der Waals surface area contributed by atoms with Gasteiger partial charge >= 0.3 is 0 Å². The molecule has 0 aliphatic heterocycles. The molecule has 0 bridgehead atoms. The van der Waals surface area contributed by atoms with Crippen molar-refractivity contribution in [2.75, 3.05) is 0 Å². The fourth-order valence-corrected chi connectivity index (χ4v) is 1.12. The van der Waals surface area contributed by atoms with E-state index in [4.69, 9.17) is 15.7 Å². The molecule has 0 aromatic heterocycles. The van der Waals surface area contributed by atoms with E-state index in [-0.39, 0.29) is 0 Å². The largest absolute Gasteiger partial charge is 0.114 e. The maximum absolute atomic E-state index is 5.78. The van der Waals surface area contributed by atoms with Crippen LogP contribution in [0.5, 0.6) is 0 Å². The minimum Gasteiger partial charge on any atom is -0.0941 e. The molecule has 2 heteroatoms. The van der Waals surface area contributed by atoms with Gasteiger partial charge in [0.1, 0.15) is 15.7 Å². The van der Waals surface area contributed by atoms with Crippen LogP contribution < -0.4 is 10.9 Å². The molecule has 0 aliphatic rings. The molecule has 1 rings (SSSR count). The van der Waals surface area contributed by atoms with E-state index in [0.717, 1.165) is 16.5 Å². The number of rotatable bonds is 1. The predicted molar refractivity (Wildman–Crippen MR) is 67.4 cm³/mol. The van der Waals surface area contributed by atoms with Gasteiger partial charge in [0.15, 0.2) is 0 Å². The van der Waals surface area contributed by atoms with Gasteiger partial charge in [-0.15, -0.1) is 0 Å². The SMILES string of the molecule is CC.[B]c1cc(C(C)C)cc([B])c1C. The minimum atomic E-state index is 0.482. The van der Waals surface area contributed by atoms with E-state index in [9.17, 15) is 0 Å². The zero-order chi connectivity index (χ0) is 11.3. The third-order valence-corrected chi connectivity index (χ3v) is 2.18. The van der Waals surface area contributed by atoms with Gasteiger partial charge in [-0.2, -0.15) is 0 Å². The van der Waals surface area contributed by atoms with E-state index in [1.165, 1.54) is 5.56 Å². The highest BCUT2D eigenvalue weighted by atomic mass is 14.0. The summed E-state index contributed by atoms with van der Waals surface area (Å²) in [5, 5.41) is 0. The van der Waals surface area contributed by atoms with Crippen LogP contribution in [0.3, 0.4) is 0 Å². The van der Waals surface area contributed by atoms with E-state index in [0.29, 0.717) is 5.92 Å². The van der Waals surface area contributed by atoms with Crippen LogP contribution in [0.25, 0.3) is 0 Å². The van der Waals surface area contributed by atoms with Gasteiger partial charge in [0.05, 0.1) is 0 Å². The Kier molecular flexibility index (Phi) is 5.67. The van der Waals surface area contributed by atoms with Crippen LogP contribution in [-0.4, -0.2) is 15.7 Å². The Morgan fingerprint density at radius 2 is 1.36 bits per heavy atom. The van der Waals surface area contributed by atoms with Crippen molar-refractivity contribution >= 4 is 26.6 Å². The monoisotopic (exact) mass is 184 g/mol. The summed E-state index contributed by atoms with van der Waals surface area (Å²) < 4.78 is 0. The summed E-state index contributed by atoms with van der Waals surface area (Å²) >= 11 is 0. The van der Waals surface area contributed by atoms with E-state index >= 15 is 0 Å². The molecule has 0 saturated heterocycles. The zero-order valence-corrected chi connectivity index (χ0v) is 9.89. The quantitative estimate of drug-likeness (QED) is 0.583. The zero-order valence-electron chi connectivity index (χ0n) is 9.89. The first-order valence-corrected chi connectivity index (χ1v) is 5.18. The second-order valence-corrected chi connectivity index (χ2v) is 3.48. The Balaban J connectivity index is 0.000000791. The van der Waals surface area contributed by atoms with Gasteiger partial charge in [0.25, 0.3) is 0 Å². The molecular formula is C12H18B2. The number of hydrogen-bond acceptors (Lipinski definition) is 0. The standard InChI is InChI=1S/C10H12B2.C2H6/c1-6(2)8-4-9(11)7(3)10(12)5-8;1-2/h4-6H,1-3H3;1-2H3. The maximum Gasteiger partial charge on any atom is 0.114 e. The predicted octanol–water partition coefficient (Wildman–Crippen LogP) is 1.73. The summed E-state index contributed by atoms with van der Waals surface area (Å²) in [6.45, 7) is 10.2. The molecule has 0 heterocycles. The van der Waals surface area contributed by atoms with Gasteiger partial charge in [-0.25, -0.2) is 0 Å². The minimum absolute atomic E-state index is 0.482. The second kappa shape index (κ2) is 5.95. The smallest absolute Gasteiger partial charge is 0.0941 e. The lowest BCUT2D eigenvalue weighted by Crippen LogP contribution is -2.21. The molecule has 14 heavy (non-hydrogen) atoms. The van der Waals surface area contributed by atoms with Gasteiger partial charge in [-0.3, -0.25) is 0 Å². The third-order valence-electron chi connectivity index (χ3n) is 2.18. The molecule has 72 valence electrons. The van der Waals surface area contributed by atoms with E-state index < -0.39 is 0 Å². The highest BCUT2D eigenvalue weighted by Crippen LogP contribution is 2.11. The third kappa shape index (κ3) is 3.25. The van der Waals surface area contributed by atoms with Crippen LogP contribution >= 0.6 is 0 Å². The molecule has 0 N–H and O–H groups in total. The van der Waals surface area contributed by atoms with Gasteiger partial charge in [0, 0.05) is 0 Å². The first-order valence-electron chi connectivity index (χ1n) is 5.18. The molecule has 0 amide bonds. The summed E-state index contributed by atoms with van der Waals surface area (Å²) in [5.74, 6) is 0.482. The van der Waals surface area contributed by atoms with Crippen molar-refractivity contribution in [2.45, 2.75) is 40.5 Å². The van der Waals surface area contributed by atoms with Gasteiger partial charge in [-0.1, -0.05) is 56.3 Å². The van der Waals surface area contributed by atoms with Gasteiger partial charge in [0.2, 0.25) is 0 Å². The molecule has 0 aliphatic carbocycles. The molecule has 0 nitrogen and oxygen atoms in total. The Labute approximate surface area is 90.9 Å². The molecule has 0 spiro atoms. The van der Waals surface area contributed by atoms with Crippen molar-refractivity contribution in [1.82, 2.24) is 0 Å². The van der Waals surface area contributed by atoms with Crippen LogP contribution in [-0.2, 0) is 0 Å². The summed E-state index contributed by atoms with van der Waals surface area (Å²) in [7, 11) is 11.6. The van der Waals surface area contributed by atoms with E-state index in [1.54, 1.807) is 0 Å². The molecule has 0 atom stereocenters. The lowest BCUT2D eigenvalue weighted by molar-refractivity contribution is 0.868. The van der Waals surface area contributed by atoms with Gasteiger partial charge in [-0.05, 0) is 18.4 Å². The van der Waals surface area contributed by atoms with Crippen molar-refractivity contribution in [3.63, 3.8) is 0 Å². The van der Waals surface area contributed by atoms with Crippen LogP contribution in [0.2, 0.25) is 0 Å². The summed E-state index contributed by atoms with van der Waals surface area (Å²) in [6, 6.07) is 3.99. The normalized spacial score (nSPS) is 9.57. The summed E-state index contributed by atoms with van der Waals surface area (Å²) in [5.41, 5.74) is 3.77. The highest BCUT2D eigenvalue weighted by molar-refractivity contribution is 6.39. The van der Waals surface area contributed by atoms with Crippen molar-refractivity contribution < 1.29 is 0 Å². The fourth-order valence-electron chi connectivity index (χ4n) is 1.12. The van der Waals surface area contributed by atoms with Crippen LogP contribution in [0, 0.1) is 6.92 Å². The molecule has 4 radical (unpaired) electrons. The lowest BCUT2D eigenvalue weighted by atomic mass is 9.79. The van der Waals surface area contributed by atoms with E-state index in [2.05, 4.69) is 13.8 Å². The van der Waals surface area contributed by atoms with Crippen LogP contribution in [0.15, 0.2) is 12.1 Å². The number of hydrogen-bond donors (Lipinski definition) is 0. The Bertz CT molecular complexity index is 267. The van der Waals surface area contributed by atoms with E-state index in [1.807, 2.05) is 32.9 Å². The first kappa shape index (κ1) is 13.3. The van der Waals surface area contributed by atoms with Crippen molar-refractivity contribution in [1.29, 1.82) is 0 Å². The van der Waals surface area contributed by atoms with Crippen LogP contribution in [0.4, 0.5) is 0 Å². The van der Waals surface area contributed by atoms with Crippen molar-refractivity contribution in [3.8, 4) is 0 Å². The fraction of sp³-hybridized carbons (Fsp3) is 0.500. The summed E-state index contributed by atoms with van der Waals surface area (Å²) in [4.78, 5) is 0. The average Bonchev–Trinajstić information content (AvgIpc) is 2.16. The Hall–Kier alpha value is -0.650. The molecule has 0 fully saturated rings. The molecule has 0 saturated carbocycles. The van der Waals surface area contributed by atoms with Crippen molar-refractivity contribution in [2.24, 2.45) is 0 Å². The second-order valence-electron chi connectivity index (χ2n) is 3.48. The van der Waals surface area contributed by atoms with Gasteiger partial charge < -0.3 is 0 Å². The van der Waals surface area contributed by atoms with Crippen LogP contribution in [0.1, 0.15) is 44.7 Å². The average molecular weight is 184 g/mol. The Morgan fingerprint density at radius 3 is 1.64 bits per heavy atom. The molecule has 1 aromatic carbocycles.